The lowest BCUT2D eigenvalue weighted by Crippen LogP contribution is -2.03. The highest BCUT2D eigenvalue weighted by Crippen LogP contribution is 2.28. The first-order chi connectivity index (χ1) is 5.54. The lowest BCUT2D eigenvalue weighted by atomic mass is 10.2. The smallest absolute Gasteiger partial charge is 0.166 e. The molecule has 0 atom stereocenters. The quantitative estimate of drug-likeness (QED) is 0.626. The van der Waals surface area contributed by atoms with Gasteiger partial charge in [-0.25, -0.2) is 0 Å². The van der Waals surface area contributed by atoms with Gasteiger partial charge in [0.25, 0.3) is 4.90 Å². The highest BCUT2D eigenvalue weighted by molar-refractivity contribution is 7.65. The lowest BCUT2D eigenvalue weighted by Gasteiger charge is -2.03. The molecule has 0 saturated heterocycles. The van der Waals surface area contributed by atoms with Crippen molar-refractivity contribution < 1.29 is 17.4 Å². The topological polar surface area (TPSA) is 17.1 Å². The summed E-state index contributed by atoms with van der Waals surface area (Å²) in [6.07, 6.45) is -4.33. The van der Waals surface area contributed by atoms with E-state index in [1.807, 2.05) is 0 Å². The zero-order valence-electron chi connectivity index (χ0n) is 5.76. The predicted molar refractivity (Wildman–Crippen MR) is 37.8 cm³/mol. The van der Waals surface area contributed by atoms with Crippen LogP contribution in [0.1, 0.15) is 5.56 Å². The van der Waals surface area contributed by atoms with Crippen LogP contribution in [0.5, 0.6) is 0 Å². The minimum absolute atomic E-state index is 0.171. The van der Waals surface area contributed by atoms with Crippen molar-refractivity contribution in [1.82, 2.24) is 0 Å². The van der Waals surface area contributed by atoms with Crippen LogP contribution < -0.4 is 0 Å². The first-order valence-corrected chi connectivity index (χ1v) is 3.75. The van der Waals surface area contributed by atoms with E-state index >= 15 is 0 Å². The van der Waals surface area contributed by atoms with E-state index in [0.29, 0.717) is 0 Å². The Morgan fingerprint density at radius 2 is 1.58 bits per heavy atom. The van der Waals surface area contributed by atoms with Crippen LogP contribution in [0.3, 0.4) is 0 Å². The average molecular weight is 193 g/mol. The van der Waals surface area contributed by atoms with E-state index in [2.05, 4.69) is 0 Å². The fraction of sp³-hybridized carbons (Fsp3) is 0.143. The summed E-state index contributed by atoms with van der Waals surface area (Å²) < 4.78 is 45.9. The molecular formula is C7H4F3OS+. The van der Waals surface area contributed by atoms with Crippen molar-refractivity contribution in [3.05, 3.63) is 29.8 Å². The molecule has 0 aromatic heterocycles. The van der Waals surface area contributed by atoms with Crippen molar-refractivity contribution in [2.75, 3.05) is 0 Å². The molecule has 0 bridgehead atoms. The van der Waals surface area contributed by atoms with Crippen molar-refractivity contribution >= 4 is 11.7 Å². The number of hydrogen-bond acceptors (Lipinski definition) is 1. The molecule has 1 rings (SSSR count). The summed E-state index contributed by atoms with van der Waals surface area (Å²) in [4.78, 5) is 0.281. The molecule has 0 aliphatic heterocycles. The Bertz CT molecular complexity index is 278. The van der Waals surface area contributed by atoms with E-state index in [1.165, 1.54) is 0 Å². The van der Waals surface area contributed by atoms with E-state index in [-0.39, 0.29) is 16.6 Å². The van der Waals surface area contributed by atoms with Crippen LogP contribution in [-0.4, -0.2) is 0 Å². The third kappa shape index (κ3) is 2.01. The summed E-state index contributed by atoms with van der Waals surface area (Å²) in [5.41, 5.74) is -0.736. The van der Waals surface area contributed by atoms with E-state index in [1.54, 1.807) is 0 Å². The highest BCUT2D eigenvalue weighted by atomic mass is 32.1. The average Bonchev–Trinajstić information content (AvgIpc) is 2.03. The third-order valence-electron chi connectivity index (χ3n) is 1.28. The maximum atomic E-state index is 11.9. The second-order valence-electron chi connectivity index (χ2n) is 2.11. The minimum Gasteiger partial charge on any atom is -0.166 e. The van der Waals surface area contributed by atoms with Crippen LogP contribution in [0, 0.1) is 0 Å². The summed E-state index contributed by atoms with van der Waals surface area (Å²) in [7, 11) is 0. The van der Waals surface area contributed by atoms with Crippen molar-refractivity contribution in [1.29, 1.82) is 0 Å². The number of hydrogen-bond donors (Lipinski definition) is 0. The van der Waals surface area contributed by atoms with Crippen molar-refractivity contribution in [3.63, 3.8) is 0 Å². The molecule has 0 fully saturated rings. The number of benzene rings is 1. The first kappa shape index (κ1) is 9.12. The molecule has 0 saturated carbocycles. The molecule has 1 aromatic rings. The van der Waals surface area contributed by atoms with Crippen molar-refractivity contribution in [3.8, 4) is 0 Å². The molecule has 64 valence electrons. The molecule has 0 spiro atoms. The van der Waals surface area contributed by atoms with Gasteiger partial charge in [-0.3, -0.25) is 0 Å². The molecule has 0 aliphatic carbocycles. The highest BCUT2D eigenvalue weighted by Gasteiger charge is 2.30. The zero-order chi connectivity index (χ0) is 9.19. The molecule has 0 radical (unpaired) electrons. The summed E-state index contributed by atoms with van der Waals surface area (Å²) in [6, 6.07) is 4.08. The van der Waals surface area contributed by atoms with Crippen LogP contribution in [0.4, 0.5) is 13.2 Å². The van der Waals surface area contributed by atoms with Crippen LogP contribution in [0.2, 0.25) is 0 Å². The van der Waals surface area contributed by atoms with Crippen LogP contribution in [-0.2, 0) is 22.1 Å². The Balaban J connectivity index is 3.00. The Hall–Kier alpha value is -0.970. The molecule has 1 nitrogen and oxygen atoms in total. The predicted octanol–water partition coefficient (Wildman–Crippen LogP) is 2.49. The Labute approximate surface area is 70.7 Å². The molecule has 12 heavy (non-hydrogen) atoms. The van der Waals surface area contributed by atoms with Crippen LogP contribution >= 0.6 is 0 Å². The lowest BCUT2D eigenvalue weighted by molar-refractivity contribution is -0.137. The molecule has 0 aliphatic rings. The van der Waals surface area contributed by atoms with Gasteiger partial charge in [-0.2, -0.15) is 13.2 Å². The van der Waals surface area contributed by atoms with Gasteiger partial charge in [0.15, 0.2) is 0 Å². The van der Waals surface area contributed by atoms with Gasteiger partial charge in [0.1, 0.15) is 0 Å². The number of alkyl halides is 3. The molecule has 0 unspecified atom stereocenters. The van der Waals surface area contributed by atoms with E-state index in [9.17, 15) is 17.4 Å². The maximum Gasteiger partial charge on any atom is 0.505 e. The zero-order valence-corrected chi connectivity index (χ0v) is 6.58. The Kier molecular flexibility index (Phi) is 2.42. The summed E-state index contributed by atoms with van der Waals surface area (Å²) in [6.45, 7) is 0. The first-order valence-electron chi connectivity index (χ1n) is 3.01. The van der Waals surface area contributed by atoms with E-state index < -0.39 is 11.7 Å². The van der Waals surface area contributed by atoms with Crippen molar-refractivity contribution in [2.45, 2.75) is 11.1 Å². The third-order valence-corrected chi connectivity index (χ3v) is 1.74. The largest absolute Gasteiger partial charge is 0.505 e. The summed E-state index contributed by atoms with van der Waals surface area (Å²) in [5, 5.41) is 0. The minimum atomic E-state index is -4.33. The van der Waals surface area contributed by atoms with Crippen LogP contribution in [0.25, 0.3) is 0 Å². The monoisotopic (exact) mass is 193 g/mol. The normalized spacial score (nSPS) is 11.2. The van der Waals surface area contributed by atoms with Gasteiger partial charge in [-0.05, 0) is 12.1 Å². The Morgan fingerprint density at radius 1 is 1.08 bits per heavy atom. The number of rotatable bonds is 1. The fourth-order valence-electron chi connectivity index (χ4n) is 0.699. The van der Waals surface area contributed by atoms with E-state index in [4.69, 9.17) is 0 Å². The Morgan fingerprint density at radius 3 is 1.92 bits per heavy atom. The second kappa shape index (κ2) is 3.18. The van der Waals surface area contributed by atoms with Crippen molar-refractivity contribution in [2.24, 2.45) is 0 Å². The maximum absolute atomic E-state index is 11.9. The van der Waals surface area contributed by atoms with E-state index in [0.717, 1.165) is 24.3 Å². The summed E-state index contributed by atoms with van der Waals surface area (Å²) >= 11 is 0.171. The molecule has 0 amide bonds. The van der Waals surface area contributed by atoms with Gasteiger partial charge >= 0.3 is 17.8 Å². The van der Waals surface area contributed by atoms with Gasteiger partial charge in [0, 0.05) is 16.3 Å². The molecular weight excluding hydrogens is 189 g/mol. The van der Waals surface area contributed by atoms with Crippen LogP contribution in [0.15, 0.2) is 29.2 Å². The van der Waals surface area contributed by atoms with Gasteiger partial charge < -0.3 is 0 Å². The van der Waals surface area contributed by atoms with Gasteiger partial charge in [0.05, 0.1) is 5.56 Å². The molecule has 1 aromatic carbocycles. The molecule has 5 heteroatoms. The summed E-state index contributed by atoms with van der Waals surface area (Å²) in [5.74, 6) is 0. The van der Waals surface area contributed by atoms with Gasteiger partial charge in [-0.15, -0.1) is 0 Å². The molecule has 0 heterocycles. The SMILES string of the molecule is O=[S+]c1ccc(C(F)(F)F)cc1. The second-order valence-corrected chi connectivity index (χ2v) is 2.74. The molecule has 0 N–H and O–H groups in total. The number of halogens is 3. The van der Waals surface area contributed by atoms with Gasteiger partial charge in [-0.1, -0.05) is 0 Å². The standard InChI is InChI=1S/C7H4F3OS/c8-7(9,10)5-1-3-6(12-11)4-2-5/h1-4H/q+1. The fourth-order valence-corrected chi connectivity index (χ4v) is 0.947. The van der Waals surface area contributed by atoms with Gasteiger partial charge in [0.2, 0.25) is 0 Å².